The van der Waals surface area contributed by atoms with E-state index in [9.17, 15) is 4.79 Å². The zero-order valence-electron chi connectivity index (χ0n) is 12.3. The fourth-order valence-electron chi connectivity index (χ4n) is 2.47. The van der Waals surface area contributed by atoms with Gasteiger partial charge in [-0.25, -0.2) is 9.97 Å². The highest BCUT2D eigenvalue weighted by molar-refractivity contribution is 6.29. The normalized spacial score (nSPS) is 15.6. The van der Waals surface area contributed by atoms with Crippen LogP contribution < -0.4 is 15.5 Å². The Balaban J connectivity index is 2.10. The summed E-state index contributed by atoms with van der Waals surface area (Å²) in [5.41, 5.74) is 1.32. The van der Waals surface area contributed by atoms with Gasteiger partial charge >= 0.3 is 0 Å². The minimum absolute atomic E-state index is 0.204. The van der Waals surface area contributed by atoms with Gasteiger partial charge in [0.1, 0.15) is 10.7 Å². The Labute approximate surface area is 133 Å². The quantitative estimate of drug-likeness (QED) is 0.815. The molecule has 2 N–H and O–H groups in total. The van der Waals surface area contributed by atoms with Crippen molar-refractivity contribution in [3.63, 3.8) is 0 Å². The van der Waals surface area contributed by atoms with Crippen molar-refractivity contribution in [3.05, 3.63) is 17.3 Å². The van der Waals surface area contributed by atoms with Crippen LogP contribution in [0.25, 0.3) is 11.0 Å². The first kappa shape index (κ1) is 14.9. The molecule has 8 heteroatoms. The Hall–Kier alpha value is -1.99. The van der Waals surface area contributed by atoms with Crippen LogP contribution in [0.1, 0.15) is 13.3 Å². The fraction of sp³-hybridized carbons (Fsp3) is 0.429. The Morgan fingerprint density at radius 1 is 1.27 bits per heavy atom. The van der Waals surface area contributed by atoms with Crippen molar-refractivity contribution in [3.8, 4) is 0 Å². The number of fused-ring (bicyclic) bond motifs is 1. The lowest BCUT2D eigenvalue weighted by atomic mass is 10.3. The third-order valence-electron chi connectivity index (χ3n) is 3.42. The third kappa shape index (κ3) is 3.26. The molecule has 3 rings (SSSR count). The number of hydrogen-bond donors (Lipinski definition) is 2. The average molecular weight is 321 g/mol. The van der Waals surface area contributed by atoms with Gasteiger partial charge in [0.25, 0.3) is 0 Å². The maximum atomic E-state index is 11.3. The summed E-state index contributed by atoms with van der Waals surface area (Å²) in [5.74, 6) is 0.793. The van der Waals surface area contributed by atoms with Gasteiger partial charge in [-0.3, -0.25) is 10.1 Å². The molecule has 1 aliphatic heterocycles. The van der Waals surface area contributed by atoms with Crippen LogP contribution in [0.5, 0.6) is 0 Å². The van der Waals surface area contributed by atoms with Crippen LogP contribution in [0.2, 0.25) is 5.15 Å². The van der Waals surface area contributed by atoms with Crippen molar-refractivity contribution in [1.29, 1.82) is 0 Å². The highest BCUT2D eigenvalue weighted by atomic mass is 35.5. The minimum atomic E-state index is -0.204. The van der Waals surface area contributed by atoms with E-state index >= 15 is 0 Å². The lowest BCUT2D eigenvalue weighted by Gasteiger charge is -2.22. The molecule has 1 aliphatic rings. The molecule has 2 aromatic heterocycles. The SMILES string of the molecule is CC(=O)Nc1nc(N2CCCNCC2)c2nc(Cl)ccc2n1. The van der Waals surface area contributed by atoms with Crippen LogP contribution in [0.4, 0.5) is 11.8 Å². The number of rotatable bonds is 2. The molecule has 1 saturated heterocycles. The number of halogens is 1. The largest absolute Gasteiger partial charge is 0.353 e. The van der Waals surface area contributed by atoms with Crippen LogP contribution in [0.15, 0.2) is 12.1 Å². The maximum Gasteiger partial charge on any atom is 0.232 e. The average Bonchev–Trinajstić information content (AvgIpc) is 2.75. The van der Waals surface area contributed by atoms with Crippen LogP contribution in [0.3, 0.4) is 0 Å². The number of nitrogens with zero attached hydrogens (tertiary/aromatic N) is 4. The predicted molar refractivity (Wildman–Crippen MR) is 86.3 cm³/mol. The molecule has 7 nitrogen and oxygen atoms in total. The molecule has 0 aliphatic carbocycles. The number of anilines is 2. The number of amides is 1. The van der Waals surface area contributed by atoms with Crippen LogP contribution in [-0.2, 0) is 4.79 Å². The van der Waals surface area contributed by atoms with Gasteiger partial charge in [0.05, 0.1) is 5.52 Å². The summed E-state index contributed by atoms with van der Waals surface area (Å²) < 4.78 is 0. The van der Waals surface area contributed by atoms with Crippen LogP contribution in [0, 0.1) is 0 Å². The summed E-state index contributed by atoms with van der Waals surface area (Å²) in [6, 6.07) is 3.47. The van der Waals surface area contributed by atoms with E-state index in [1.54, 1.807) is 12.1 Å². The van der Waals surface area contributed by atoms with E-state index in [1.807, 2.05) is 0 Å². The number of carbonyl (C=O) groups excluding carboxylic acids is 1. The first-order valence-electron chi connectivity index (χ1n) is 7.21. The summed E-state index contributed by atoms with van der Waals surface area (Å²) in [4.78, 5) is 26.6. The summed E-state index contributed by atoms with van der Waals surface area (Å²) in [6.07, 6.45) is 1.02. The molecule has 0 spiro atoms. The van der Waals surface area contributed by atoms with E-state index in [4.69, 9.17) is 11.6 Å². The van der Waals surface area contributed by atoms with Gasteiger partial charge in [-0.1, -0.05) is 11.6 Å². The van der Waals surface area contributed by atoms with Gasteiger partial charge in [-0.05, 0) is 25.1 Å². The van der Waals surface area contributed by atoms with E-state index in [-0.39, 0.29) is 11.9 Å². The first-order chi connectivity index (χ1) is 10.6. The second-order valence-corrected chi connectivity index (χ2v) is 5.53. The Morgan fingerprint density at radius 2 is 2.14 bits per heavy atom. The third-order valence-corrected chi connectivity index (χ3v) is 3.63. The van der Waals surface area contributed by atoms with Gasteiger partial charge in [-0.15, -0.1) is 0 Å². The number of hydrogen-bond acceptors (Lipinski definition) is 6. The standard InChI is InChI=1S/C14H17ClN6O/c1-9(22)17-14-18-10-3-4-11(15)19-12(10)13(20-14)21-7-2-5-16-6-8-21/h3-4,16H,2,5-8H2,1H3,(H,17,18,20,22). The van der Waals surface area contributed by atoms with Crippen molar-refractivity contribution >= 4 is 40.3 Å². The molecule has 1 fully saturated rings. The first-order valence-corrected chi connectivity index (χ1v) is 7.59. The van der Waals surface area contributed by atoms with Crippen molar-refractivity contribution in [1.82, 2.24) is 20.3 Å². The lowest BCUT2D eigenvalue weighted by molar-refractivity contribution is -0.114. The second kappa shape index (κ2) is 6.41. The molecule has 0 radical (unpaired) electrons. The van der Waals surface area contributed by atoms with E-state index in [0.717, 1.165) is 32.6 Å². The van der Waals surface area contributed by atoms with Crippen LogP contribution in [-0.4, -0.2) is 47.0 Å². The van der Waals surface area contributed by atoms with E-state index in [1.165, 1.54) is 6.92 Å². The Bertz CT molecular complexity index is 699. The van der Waals surface area contributed by atoms with E-state index in [2.05, 4.69) is 30.5 Å². The van der Waals surface area contributed by atoms with Crippen molar-refractivity contribution in [2.24, 2.45) is 0 Å². The van der Waals surface area contributed by atoms with Gasteiger partial charge in [-0.2, -0.15) is 4.98 Å². The van der Waals surface area contributed by atoms with Crippen LogP contribution >= 0.6 is 11.6 Å². The Kier molecular flexibility index (Phi) is 4.35. The van der Waals surface area contributed by atoms with Crippen molar-refractivity contribution in [2.75, 3.05) is 36.4 Å². The fourth-order valence-corrected chi connectivity index (χ4v) is 2.61. The summed E-state index contributed by atoms with van der Waals surface area (Å²) in [6.45, 7) is 4.98. The number of pyridine rings is 1. The minimum Gasteiger partial charge on any atom is -0.353 e. The molecule has 1 amide bonds. The van der Waals surface area contributed by atoms with Crippen molar-refractivity contribution in [2.45, 2.75) is 13.3 Å². The Morgan fingerprint density at radius 3 is 2.95 bits per heavy atom. The molecule has 22 heavy (non-hydrogen) atoms. The van der Waals surface area contributed by atoms with Gasteiger partial charge in [0.2, 0.25) is 11.9 Å². The van der Waals surface area contributed by atoms with Gasteiger partial charge in [0.15, 0.2) is 5.82 Å². The molecule has 0 bridgehead atoms. The topological polar surface area (TPSA) is 83.0 Å². The summed E-state index contributed by atoms with van der Waals surface area (Å²) in [5, 5.41) is 6.39. The zero-order chi connectivity index (χ0) is 15.5. The van der Waals surface area contributed by atoms with E-state index < -0.39 is 0 Å². The lowest BCUT2D eigenvalue weighted by Crippen LogP contribution is -2.29. The molecular weight excluding hydrogens is 304 g/mol. The maximum absolute atomic E-state index is 11.3. The molecule has 0 aromatic carbocycles. The molecular formula is C14H17ClN6O. The predicted octanol–water partition coefficient (Wildman–Crippen LogP) is 1.44. The molecule has 0 saturated carbocycles. The van der Waals surface area contributed by atoms with Gasteiger partial charge in [0, 0.05) is 26.6 Å². The molecule has 0 unspecified atom stereocenters. The summed E-state index contributed by atoms with van der Waals surface area (Å²) in [7, 11) is 0. The smallest absolute Gasteiger partial charge is 0.232 e. The molecule has 3 heterocycles. The number of carbonyl (C=O) groups is 1. The second-order valence-electron chi connectivity index (χ2n) is 5.14. The zero-order valence-corrected chi connectivity index (χ0v) is 13.0. The molecule has 0 atom stereocenters. The highest BCUT2D eigenvalue weighted by Gasteiger charge is 2.18. The van der Waals surface area contributed by atoms with E-state index in [0.29, 0.717) is 22.0 Å². The van der Waals surface area contributed by atoms with Gasteiger partial charge < -0.3 is 10.2 Å². The number of nitrogens with one attached hydrogen (secondary N) is 2. The summed E-state index contributed by atoms with van der Waals surface area (Å²) >= 11 is 6.02. The monoisotopic (exact) mass is 320 g/mol. The molecule has 116 valence electrons. The number of aromatic nitrogens is 3. The van der Waals surface area contributed by atoms with Crippen molar-refractivity contribution < 1.29 is 4.79 Å². The highest BCUT2D eigenvalue weighted by Crippen LogP contribution is 2.25. The molecule has 2 aromatic rings.